The molecule has 1 aromatic heterocycles. The summed E-state index contributed by atoms with van der Waals surface area (Å²) in [6.07, 6.45) is 2.34. The quantitative estimate of drug-likeness (QED) is 0.785. The summed E-state index contributed by atoms with van der Waals surface area (Å²) in [4.78, 5) is 13.1. The van der Waals surface area contributed by atoms with E-state index in [2.05, 4.69) is 27.3 Å². The summed E-state index contributed by atoms with van der Waals surface area (Å²) in [7, 11) is 0. The maximum absolute atomic E-state index is 11.8. The van der Waals surface area contributed by atoms with Crippen LogP contribution >= 0.6 is 27.3 Å². The molecule has 21 heavy (non-hydrogen) atoms. The number of carbonyl (C=O) groups is 1. The Balaban J connectivity index is 1.65. The monoisotopic (exact) mass is 366 g/mol. The molecule has 5 heteroatoms. The first-order chi connectivity index (χ1) is 10.1. The Hall–Kier alpha value is -1.17. The van der Waals surface area contributed by atoms with E-state index in [0.29, 0.717) is 13.0 Å². The van der Waals surface area contributed by atoms with Gasteiger partial charge in [0, 0.05) is 23.9 Å². The summed E-state index contributed by atoms with van der Waals surface area (Å²) < 4.78 is 1.13. The highest BCUT2D eigenvalue weighted by Gasteiger charge is 2.08. The van der Waals surface area contributed by atoms with Crippen molar-refractivity contribution in [1.29, 1.82) is 0 Å². The Morgan fingerprint density at radius 3 is 2.67 bits per heavy atom. The van der Waals surface area contributed by atoms with Gasteiger partial charge < -0.3 is 11.1 Å². The number of halogens is 1. The van der Waals surface area contributed by atoms with Gasteiger partial charge in [0.2, 0.25) is 5.91 Å². The fraction of sp³-hybridized carbons (Fsp3) is 0.312. The second-order valence-corrected chi connectivity index (χ2v) is 7.43. The molecule has 1 amide bonds. The summed E-state index contributed by atoms with van der Waals surface area (Å²) in [6.45, 7) is 0.480. The number of hydrogen-bond acceptors (Lipinski definition) is 3. The van der Waals surface area contributed by atoms with Crippen molar-refractivity contribution in [3.05, 3.63) is 56.7 Å². The topological polar surface area (TPSA) is 55.1 Å². The maximum Gasteiger partial charge on any atom is 0.220 e. The van der Waals surface area contributed by atoms with Gasteiger partial charge in [0.05, 0.1) is 3.79 Å². The lowest BCUT2D eigenvalue weighted by Gasteiger charge is -2.13. The van der Waals surface area contributed by atoms with Crippen LogP contribution < -0.4 is 11.1 Å². The Morgan fingerprint density at radius 2 is 2.00 bits per heavy atom. The lowest BCUT2D eigenvalue weighted by molar-refractivity contribution is -0.121. The SMILES string of the molecule is NC(CNC(=O)CCCc1ccc(Br)s1)c1ccccc1. The smallest absolute Gasteiger partial charge is 0.220 e. The predicted octanol–water partition coefficient (Wildman–Crippen LogP) is 3.65. The molecule has 3 N–H and O–H groups in total. The van der Waals surface area contributed by atoms with Crippen LogP contribution in [0.15, 0.2) is 46.3 Å². The van der Waals surface area contributed by atoms with Gasteiger partial charge in [0.1, 0.15) is 0 Å². The molecule has 2 aromatic rings. The van der Waals surface area contributed by atoms with Crippen LogP contribution in [-0.4, -0.2) is 12.5 Å². The Morgan fingerprint density at radius 1 is 1.24 bits per heavy atom. The van der Waals surface area contributed by atoms with E-state index in [0.717, 1.165) is 22.2 Å². The molecule has 0 radical (unpaired) electrons. The molecule has 0 fully saturated rings. The maximum atomic E-state index is 11.8. The minimum atomic E-state index is -0.150. The van der Waals surface area contributed by atoms with Gasteiger partial charge in [-0.2, -0.15) is 0 Å². The number of nitrogens with two attached hydrogens (primary N) is 1. The second kappa shape index (κ2) is 8.32. The average molecular weight is 367 g/mol. The van der Waals surface area contributed by atoms with Crippen molar-refractivity contribution >= 4 is 33.2 Å². The lowest BCUT2D eigenvalue weighted by atomic mass is 10.1. The summed E-state index contributed by atoms with van der Waals surface area (Å²) in [5.41, 5.74) is 7.09. The molecule has 0 spiro atoms. The van der Waals surface area contributed by atoms with Crippen molar-refractivity contribution in [1.82, 2.24) is 5.32 Å². The highest BCUT2D eigenvalue weighted by molar-refractivity contribution is 9.11. The van der Waals surface area contributed by atoms with Crippen LogP contribution in [0.4, 0.5) is 0 Å². The summed E-state index contributed by atoms with van der Waals surface area (Å²) >= 11 is 5.16. The van der Waals surface area contributed by atoms with Gasteiger partial charge in [0.25, 0.3) is 0 Å². The van der Waals surface area contributed by atoms with Crippen LogP contribution in [0.25, 0.3) is 0 Å². The molecule has 1 heterocycles. The number of hydrogen-bond donors (Lipinski definition) is 2. The zero-order valence-corrected chi connectivity index (χ0v) is 14.1. The molecule has 0 aliphatic heterocycles. The molecule has 0 saturated heterocycles. The summed E-state index contributed by atoms with van der Waals surface area (Å²) in [5.74, 6) is 0.0667. The highest BCUT2D eigenvalue weighted by Crippen LogP contribution is 2.23. The van der Waals surface area contributed by atoms with Crippen LogP contribution in [0.2, 0.25) is 0 Å². The van der Waals surface area contributed by atoms with Gasteiger partial charge in [-0.25, -0.2) is 0 Å². The number of amides is 1. The van der Waals surface area contributed by atoms with Crippen LogP contribution in [0.5, 0.6) is 0 Å². The number of thiophene rings is 1. The minimum absolute atomic E-state index is 0.0667. The van der Waals surface area contributed by atoms with Crippen molar-refractivity contribution < 1.29 is 4.79 Å². The van der Waals surface area contributed by atoms with E-state index in [9.17, 15) is 4.79 Å². The lowest BCUT2D eigenvalue weighted by Crippen LogP contribution is -2.31. The Labute approximate surface area is 137 Å². The Kier molecular flexibility index (Phi) is 6.42. The van der Waals surface area contributed by atoms with E-state index < -0.39 is 0 Å². The van der Waals surface area contributed by atoms with E-state index in [4.69, 9.17) is 5.73 Å². The predicted molar refractivity (Wildman–Crippen MR) is 91.3 cm³/mol. The number of rotatable bonds is 7. The molecule has 0 bridgehead atoms. The minimum Gasteiger partial charge on any atom is -0.354 e. The first kappa shape index (κ1) is 16.2. The summed E-state index contributed by atoms with van der Waals surface area (Å²) in [5, 5.41) is 2.90. The molecule has 2 rings (SSSR count). The molecule has 3 nitrogen and oxygen atoms in total. The van der Waals surface area contributed by atoms with Gasteiger partial charge in [-0.3, -0.25) is 4.79 Å². The molecular weight excluding hydrogens is 348 g/mol. The van der Waals surface area contributed by atoms with Crippen molar-refractivity contribution in [3.8, 4) is 0 Å². The van der Waals surface area contributed by atoms with Crippen LogP contribution in [0.1, 0.15) is 29.3 Å². The number of nitrogens with one attached hydrogen (secondary N) is 1. The number of carbonyl (C=O) groups excluding carboxylic acids is 1. The number of aryl methyl sites for hydroxylation is 1. The fourth-order valence-corrected chi connectivity index (χ4v) is 3.56. The zero-order chi connectivity index (χ0) is 15.1. The third-order valence-corrected chi connectivity index (χ3v) is 4.89. The molecule has 112 valence electrons. The van der Waals surface area contributed by atoms with E-state index in [1.54, 1.807) is 11.3 Å². The fourth-order valence-electron chi connectivity index (χ4n) is 2.04. The molecule has 1 aromatic carbocycles. The van der Waals surface area contributed by atoms with Crippen molar-refractivity contribution in [2.75, 3.05) is 6.54 Å². The Bertz CT molecular complexity index is 571. The normalized spacial score (nSPS) is 12.1. The second-order valence-electron chi connectivity index (χ2n) is 4.88. The third kappa shape index (κ3) is 5.61. The zero-order valence-electron chi connectivity index (χ0n) is 11.7. The number of benzene rings is 1. The average Bonchev–Trinajstić information content (AvgIpc) is 2.91. The largest absolute Gasteiger partial charge is 0.354 e. The van der Waals surface area contributed by atoms with E-state index in [1.807, 2.05) is 36.4 Å². The van der Waals surface area contributed by atoms with Gasteiger partial charge >= 0.3 is 0 Å². The molecule has 0 saturated carbocycles. The highest BCUT2D eigenvalue weighted by atomic mass is 79.9. The standard InChI is InChI=1S/C16H19BrN2OS/c17-15-10-9-13(21-15)7-4-8-16(20)19-11-14(18)12-5-2-1-3-6-12/h1-3,5-6,9-10,14H,4,7-8,11,18H2,(H,19,20). The van der Waals surface area contributed by atoms with Crippen molar-refractivity contribution in [2.24, 2.45) is 5.73 Å². The molecule has 0 aliphatic rings. The summed E-state index contributed by atoms with van der Waals surface area (Å²) in [6, 6.07) is 13.8. The van der Waals surface area contributed by atoms with Crippen LogP contribution in [-0.2, 0) is 11.2 Å². The van der Waals surface area contributed by atoms with E-state index >= 15 is 0 Å². The van der Waals surface area contributed by atoms with Crippen molar-refractivity contribution in [2.45, 2.75) is 25.3 Å². The van der Waals surface area contributed by atoms with Gasteiger partial charge in [-0.1, -0.05) is 30.3 Å². The van der Waals surface area contributed by atoms with Crippen molar-refractivity contribution in [3.63, 3.8) is 0 Å². The van der Waals surface area contributed by atoms with Crippen LogP contribution in [0.3, 0.4) is 0 Å². The van der Waals surface area contributed by atoms with Gasteiger partial charge in [-0.05, 0) is 46.5 Å². The van der Waals surface area contributed by atoms with Gasteiger partial charge in [0.15, 0.2) is 0 Å². The first-order valence-electron chi connectivity index (χ1n) is 6.96. The van der Waals surface area contributed by atoms with Gasteiger partial charge in [-0.15, -0.1) is 11.3 Å². The third-order valence-electron chi connectivity index (χ3n) is 3.20. The van der Waals surface area contributed by atoms with E-state index in [1.165, 1.54) is 4.88 Å². The van der Waals surface area contributed by atoms with E-state index in [-0.39, 0.29) is 11.9 Å². The molecule has 1 atom stereocenters. The van der Waals surface area contributed by atoms with Crippen LogP contribution in [0, 0.1) is 0 Å². The molecule has 1 unspecified atom stereocenters. The molecular formula is C16H19BrN2OS. The first-order valence-corrected chi connectivity index (χ1v) is 8.57. The molecule has 0 aliphatic carbocycles.